The molecule has 1 unspecified atom stereocenters. The monoisotopic (exact) mass is 439 g/mol. The first-order valence-corrected chi connectivity index (χ1v) is 10.9. The molecule has 8 nitrogen and oxygen atoms in total. The smallest absolute Gasteiger partial charge is 0.272 e. The van der Waals surface area contributed by atoms with Gasteiger partial charge in [0.05, 0.1) is 14.4 Å². The Morgan fingerprint density at radius 2 is 1.64 bits per heavy atom. The molecule has 12 heteroatoms. The second-order valence-electron chi connectivity index (χ2n) is 5.81. The molecule has 0 aliphatic heterocycles. The third-order valence-corrected chi connectivity index (χ3v) is 5.26. The van der Waals surface area contributed by atoms with Gasteiger partial charge in [-0.25, -0.2) is 8.78 Å². The number of ether oxygens (including phenoxy) is 1. The zero-order valence-electron chi connectivity index (χ0n) is 15.1. The van der Waals surface area contributed by atoms with Crippen LogP contribution < -0.4 is 19.4 Å². The van der Waals surface area contributed by atoms with Crippen LogP contribution in [0.2, 0.25) is 0 Å². The Kier molecular flexibility index (Phi) is 9.66. The highest BCUT2D eigenvalue weighted by molar-refractivity contribution is 7.58. The summed E-state index contributed by atoms with van der Waals surface area (Å²) in [5.74, 6) is -1.40. The summed E-state index contributed by atoms with van der Waals surface area (Å²) in [6.45, 7) is 3.12. The molecule has 1 aromatic carbocycles. The average molecular weight is 439 g/mol. The predicted octanol–water partition coefficient (Wildman–Crippen LogP) is 2.35. The molecule has 158 valence electrons. The molecule has 0 N–H and O–H groups in total. The first-order valence-electron chi connectivity index (χ1n) is 7.95. The second-order valence-corrected chi connectivity index (χ2v) is 8.51. The third kappa shape index (κ3) is 11.5. The van der Waals surface area contributed by atoms with Gasteiger partial charge in [0.15, 0.2) is 0 Å². The Labute approximate surface area is 161 Å². The number of hydrogen-bond acceptors (Lipinski definition) is 8. The minimum atomic E-state index is -5.70. The van der Waals surface area contributed by atoms with Gasteiger partial charge in [-0.3, -0.25) is 8.88 Å². The predicted molar refractivity (Wildman–Crippen MR) is 90.9 cm³/mol. The molecule has 0 aromatic heterocycles. The molecule has 0 bridgehead atoms. The Bertz CT molecular complexity index is 799. The van der Waals surface area contributed by atoms with Gasteiger partial charge >= 0.3 is 0 Å². The van der Waals surface area contributed by atoms with Crippen LogP contribution in [0, 0.1) is 11.6 Å². The van der Waals surface area contributed by atoms with Crippen molar-refractivity contribution in [2.45, 2.75) is 26.7 Å². The van der Waals surface area contributed by atoms with E-state index in [2.05, 4.69) is 8.83 Å². The first kappa shape index (κ1) is 24.7. The summed E-state index contributed by atoms with van der Waals surface area (Å²) >= 11 is 0. The van der Waals surface area contributed by atoms with E-state index in [9.17, 15) is 32.6 Å². The molecule has 0 radical (unpaired) electrons. The normalized spacial score (nSPS) is 15.4. The molecular weight excluding hydrogens is 420 g/mol. The molecule has 1 aromatic rings. The molecule has 0 saturated heterocycles. The van der Waals surface area contributed by atoms with Crippen LogP contribution in [0.25, 0.3) is 0 Å². The van der Waals surface area contributed by atoms with Crippen LogP contribution in [-0.2, 0) is 18.0 Å². The Morgan fingerprint density at radius 3 is 2.21 bits per heavy atom. The van der Waals surface area contributed by atoms with E-state index in [1.54, 1.807) is 13.8 Å². The Morgan fingerprint density at radius 1 is 1.04 bits per heavy atom. The second kappa shape index (κ2) is 11.0. The molecule has 0 saturated carbocycles. The van der Waals surface area contributed by atoms with Crippen molar-refractivity contribution in [3.63, 3.8) is 0 Å². The van der Waals surface area contributed by atoms with Crippen LogP contribution >= 0.6 is 15.6 Å². The van der Waals surface area contributed by atoms with Crippen molar-refractivity contribution < 1.29 is 46.2 Å². The van der Waals surface area contributed by atoms with E-state index < -0.39 is 33.9 Å². The fourth-order valence-electron chi connectivity index (χ4n) is 1.93. The molecule has 0 fully saturated rings. The van der Waals surface area contributed by atoms with Gasteiger partial charge in [0.1, 0.15) is 24.0 Å². The molecule has 0 amide bonds. The number of rotatable bonds is 11. The molecular formula is C16H19F2O8P2-3. The van der Waals surface area contributed by atoms with Crippen LogP contribution in [-0.4, -0.2) is 13.2 Å². The van der Waals surface area contributed by atoms with Crippen molar-refractivity contribution in [2.75, 3.05) is 13.2 Å². The SMILES string of the molecule is C/C(=C\COP(=O)([O-])OP(=O)([O-])[O-])CC/C=C(\C)COc1cc(F)cc(F)c1. The van der Waals surface area contributed by atoms with Crippen molar-refractivity contribution in [3.05, 3.63) is 53.1 Å². The van der Waals surface area contributed by atoms with Crippen LogP contribution in [0.4, 0.5) is 8.78 Å². The van der Waals surface area contributed by atoms with Crippen molar-refractivity contribution >= 4 is 15.6 Å². The van der Waals surface area contributed by atoms with Gasteiger partial charge < -0.3 is 28.5 Å². The van der Waals surface area contributed by atoms with E-state index in [1.165, 1.54) is 6.08 Å². The highest BCUT2D eigenvalue weighted by atomic mass is 31.3. The van der Waals surface area contributed by atoms with Gasteiger partial charge in [0, 0.05) is 18.2 Å². The van der Waals surface area contributed by atoms with Gasteiger partial charge in [-0.05, 0) is 32.3 Å². The summed E-state index contributed by atoms with van der Waals surface area (Å²) in [4.78, 5) is 31.6. The molecule has 1 rings (SSSR count). The van der Waals surface area contributed by atoms with Gasteiger partial charge in [-0.2, -0.15) is 0 Å². The van der Waals surface area contributed by atoms with E-state index in [-0.39, 0.29) is 12.4 Å². The molecule has 0 aliphatic carbocycles. The minimum Gasteiger partial charge on any atom is -0.790 e. The lowest BCUT2D eigenvalue weighted by atomic mass is 10.1. The summed E-state index contributed by atoms with van der Waals surface area (Å²) < 4.78 is 60.3. The van der Waals surface area contributed by atoms with Gasteiger partial charge in [-0.15, -0.1) is 0 Å². The molecule has 0 spiro atoms. The largest absolute Gasteiger partial charge is 0.790 e. The molecule has 0 heterocycles. The third-order valence-electron chi connectivity index (χ3n) is 3.20. The van der Waals surface area contributed by atoms with E-state index in [1.807, 2.05) is 6.08 Å². The zero-order valence-corrected chi connectivity index (χ0v) is 16.9. The number of phosphoric acid groups is 2. The maximum Gasteiger partial charge on any atom is 0.272 e. The molecule has 0 aliphatic rings. The lowest BCUT2D eigenvalue weighted by molar-refractivity contribution is -0.339. The van der Waals surface area contributed by atoms with Crippen LogP contribution in [0.3, 0.4) is 0 Å². The first-order chi connectivity index (χ1) is 12.9. The summed E-state index contributed by atoms with van der Waals surface area (Å²) in [5, 5.41) is 0. The number of benzene rings is 1. The number of halogens is 2. The minimum absolute atomic E-state index is 0.0726. The highest BCUT2D eigenvalue weighted by Gasteiger charge is 2.10. The van der Waals surface area contributed by atoms with Crippen LogP contribution in [0.5, 0.6) is 5.75 Å². The van der Waals surface area contributed by atoms with Crippen molar-refractivity contribution in [2.24, 2.45) is 0 Å². The topological polar surface area (TPSA) is 131 Å². The summed E-state index contributed by atoms with van der Waals surface area (Å²) in [5.41, 5.74) is 1.55. The molecule has 28 heavy (non-hydrogen) atoms. The maximum atomic E-state index is 13.1. The van der Waals surface area contributed by atoms with Gasteiger partial charge in [0.25, 0.3) is 7.82 Å². The fraction of sp³-hybridized carbons (Fsp3) is 0.375. The van der Waals surface area contributed by atoms with E-state index in [0.29, 0.717) is 12.8 Å². The van der Waals surface area contributed by atoms with E-state index >= 15 is 0 Å². The zero-order chi connectivity index (χ0) is 21.4. The van der Waals surface area contributed by atoms with E-state index in [4.69, 9.17) is 4.74 Å². The van der Waals surface area contributed by atoms with Crippen molar-refractivity contribution in [3.8, 4) is 5.75 Å². The number of allylic oxidation sites excluding steroid dienone is 2. The summed E-state index contributed by atoms with van der Waals surface area (Å²) in [7, 11) is -10.9. The number of hydrogen-bond donors (Lipinski definition) is 0. The fourth-order valence-corrected chi connectivity index (χ4v) is 3.36. The summed E-state index contributed by atoms with van der Waals surface area (Å²) in [6.07, 6.45) is 4.32. The molecule has 1 atom stereocenters. The lowest BCUT2D eigenvalue weighted by Crippen LogP contribution is -2.19. The quantitative estimate of drug-likeness (QED) is 0.379. The van der Waals surface area contributed by atoms with Crippen molar-refractivity contribution in [1.82, 2.24) is 0 Å². The van der Waals surface area contributed by atoms with Gasteiger partial charge in [0.2, 0.25) is 0 Å². The Hall–Kier alpha value is -1.38. The van der Waals surface area contributed by atoms with Gasteiger partial charge in [-0.1, -0.05) is 17.7 Å². The van der Waals surface area contributed by atoms with E-state index in [0.717, 1.165) is 29.3 Å². The highest BCUT2D eigenvalue weighted by Crippen LogP contribution is 2.50. The van der Waals surface area contributed by atoms with Crippen LogP contribution in [0.15, 0.2) is 41.5 Å². The maximum absolute atomic E-state index is 13.1. The van der Waals surface area contributed by atoms with Crippen molar-refractivity contribution in [1.29, 1.82) is 0 Å². The number of phosphoric ester groups is 1. The Balaban J connectivity index is 2.38. The van der Waals surface area contributed by atoms with Crippen LogP contribution in [0.1, 0.15) is 26.7 Å². The average Bonchev–Trinajstić information content (AvgIpc) is 2.49. The standard InChI is InChI=1S/C16H22F2O8P2/c1-12(6-7-25-28(22,23)26-27(19,20)21)4-3-5-13(2)11-24-16-9-14(17)8-15(18)10-16/h5-6,8-10H,3-4,7,11H2,1-2H3,(H,22,23)(H2,19,20,21)/p-3/b12-6+,13-5+. The summed E-state index contributed by atoms with van der Waals surface area (Å²) in [6, 6.07) is 2.88. The lowest BCUT2D eigenvalue weighted by Gasteiger charge is -2.34.